The Morgan fingerprint density at radius 3 is 2.91 bits per heavy atom. The molecule has 0 fully saturated rings. The average molecular weight is 147 g/mol. The Kier molecular flexibility index (Phi) is 1.29. The normalized spacial score (nSPS) is 14.7. The topological polar surface area (TPSA) is 41.3 Å². The summed E-state index contributed by atoms with van der Waals surface area (Å²) in [5, 5.41) is 3.15. The Labute approximate surface area is 66.3 Å². The zero-order valence-electron chi connectivity index (χ0n) is 6.41. The van der Waals surface area contributed by atoms with Crippen molar-refractivity contribution in [1.29, 1.82) is 0 Å². The van der Waals surface area contributed by atoms with Crippen molar-refractivity contribution in [3.8, 4) is 0 Å². The molecule has 1 aromatic rings. The lowest BCUT2D eigenvalue weighted by molar-refractivity contribution is 1.32. The molecule has 2 rings (SSSR count). The second-order valence-corrected chi connectivity index (χ2v) is 2.72. The van der Waals surface area contributed by atoms with Gasteiger partial charge in [-0.1, -0.05) is 12.1 Å². The molecule has 0 atom stereocenters. The summed E-state index contributed by atoms with van der Waals surface area (Å²) in [4.78, 5) is 2.01. The van der Waals surface area contributed by atoms with Gasteiger partial charge in [0.15, 0.2) is 0 Å². The maximum absolute atomic E-state index is 5.74. The van der Waals surface area contributed by atoms with Crippen LogP contribution in [0.2, 0.25) is 0 Å². The van der Waals surface area contributed by atoms with Crippen LogP contribution in [0.4, 0.5) is 11.4 Å². The van der Waals surface area contributed by atoms with Crippen LogP contribution in [0.15, 0.2) is 24.3 Å². The third-order valence-corrected chi connectivity index (χ3v) is 2.00. The van der Waals surface area contributed by atoms with Crippen LogP contribution in [0.5, 0.6) is 0 Å². The monoisotopic (exact) mass is 147 g/mol. The first-order chi connectivity index (χ1) is 5.29. The summed E-state index contributed by atoms with van der Waals surface area (Å²) in [6.07, 6.45) is 0. The van der Waals surface area contributed by atoms with Crippen molar-refractivity contribution in [3.05, 3.63) is 24.3 Å². The molecule has 4 heteroatoms. The lowest BCUT2D eigenvalue weighted by atomic mass is 9.97. The van der Waals surface area contributed by atoms with Crippen molar-refractivity contribution in [3.63, 3.8) is 0 Å². The Hall–Kier alpha value is -1.16. The van der Waals surface area contributed by atoms with E-state index in [0.717, 1.165) is 5.69 Å². The van der Waals surface area contributed by atoms with Crippen molar-refractivity contribution in [1.82, 2.24) is 0 Å². The molecule has 0 aromatic heterocycles. The summed E-state index contributed by atoms with van der Waals surface area (Å²) in [7, 11) is 1.90. The average Bonchev–Trinajstić information content (AvgIpc) is 2.30. The lowest BCUT2D eigenvalue weighted by Gasteiger charge is -2.12. The molecule has 0 saturated heterocycles. The molecule has 3 N–H and O–H groups in total. The van der Waals surface area contributed by atoms with Crippen LogP contribution >= 0.6 is 0 Å². The number of benzene rings is 1. The molecule has 1 aliphatic rings. The SMILES string of the molecule is CN1B(N)Nc2ccccc21. The van der Waals surface area contributed by atoms with E-state index in [9.17, 15) is 0 Å². The molecule has 0 amide bonds. The van der Waals surface area contributed by atoms with Gasteiger partial charge in [0.2, 0.25) is 0 Å². The smallest absolute Gasteiger partial charge is 0.393 e. The van der Waals surface area contributed by atoms with Crippen LogP contribution in [-0.4, -0.2) is 14.2 Å². The third kappa shape index (κ3) is 0.868. The first-order valence-electron chi connectivity index (χ1n) is 3.63. The van der Waals surface area contributed by atoms with E-state index in [2.05, 4.69) is 11.3 Å². The lowest BCUT2D eigenvalue weighted by Crippen LogP contribution is -2.46. The van der Waals surface area contributed by atoms with E-state index in [0.29, 0.717) is 0 Å². The minimum absolute atomic E-state index is 0.0765. The van der Waals surface area contributed by atoms with Gasteiger partial charge in [0, 0.05) is 11.4 Å². The molecule has 11 heavy (non-hydrogen) atoms. The van der Waals surface area contributed by atoms with Crippen LogP contribution in [0, 0.1) is 0 Å². The van der Waals surface area contributed by atoms with Crippen LogP contribution in [-0.2, 0) is 0 Å². The fraction of sp³-hybridized carbons (Fsp3) is 0.143. The summed E-state index contributed by atoms with van der Waals surface area (Å²) in [5.41, 5.74) is 8.02. The van der Waals surface area contributed by atoms with E-state index in [4.69, 9.17) is 5.64 Å². The molecule has 1 aromatic carbocycles. The fourth-order valence-electron chi connectivity index (χ4n) is 1.31. The molecular formula is C7H10BN3. The number of hydrogen-bond acceptors (Lipinski definition) is 3. The molecule has 1 aliphatic heterocycles. The Morgan fingerprint density at radius 1 is 1.45 bits per heavy atom. The predicted octanol–water partition coefficient (Wildman–Crippen LogP) is 0.492. The van der Waals surface area contributed by atoms with Crippen molar-refractivity contribution >= 4 is 18.5 Å². The highest BCUT2D eigenvalue weighted by molar-refractivity contribution is 6.66. The molecule has 0 aliphatic carbocycles. The second kappa shape index (κ2) is 2.17. The maximum Gasteiger partial charge on any atom is 0.462 e. The Morgan fingerprint density at radius 2 is 2.18 bits per heavy atom. The summed E-state index contributed by atoms with van der Waals surface area (Å²) in [5.74, 6) is 0. The molecule has 0 unspecified atom stereocenters. The van der Waals surface area contributed by atoms with Crippen LogP contribution in [0.3, 0.4) is 0 Å². The number of hydrogen-bond donors (Lipinski definition) is 2. The van der Waals surface area contributed by atoms with Crippen LogP contribution in [0.25, 0.3) is 0 Å². The molecule has 1 heterocycles. The van der Waals surface area contributed by atoms with Gasteiger partial charge < -0.3 is 15.7 Å². The van der Waals surface area contributed by atoms with E-state index in [1.54, 1.807) is 0 Å². The number of para-hydroxylation sites is 2. The highest BCUT2D eigenvalue weighted by Crippen LogP contribution is 2.29. The fourth-order valence-corrected chi connectivity index (χ4v) is 1.31. The highest BCUT2D eigenvalue weighted by Gasteiger charge is 2.26. The number of nitrogens with one attached hydrogen (secondary N) is 1. The van der Waals surface area contributed by atoms with Gasteiger partial charge in [0.1, 0.15) is 0 Å². The minimum atomic E-state index is -0.0765. The summed E-state index contributed by atoms with van der Waals surface area (Å²) >= 11 is 0. The summed E-state index contributed by atoms with van der Waals surface area (Å²) in [6.45, 7) is 0. The highest BCUT2D eigenvalue weighted by atomic mass is 15.2. The summed E-state index contributed by atoms with van der Waals surface area (Å²) in [6, 6.07) is 8.08. The molecule has 0 spiro atoms. The third-order valence-electron chi connectivity index (χ3n) is 2.00. The Bertz CT molecular complexity index is 276. The molecule has 0 bridgehead atoms. The van der Waals surface area contributed by atoms with Crippen molar-refractivity contribution in [2.45, 2.75) is 0 Å². The number of fused-ring (bicyclic) bond motifs is 1. The molecular weight excluding hydrogens is 137 g/mol. The molecule has 3 nitrogen and oxygen atoms in total. The zero-order chi connectivity index (χ0) is 7.84. The first-order valence-corrected chi connectivity index (χ1v) is 3.63. The van der Waals surface area contributed by atoms with E-state index in [1.165, 1.54) is 5.69 Å². The maximum atomic E-state index is 5.74. The largest absolute Gasteiger partial charge is 0.462 e. The van der Waals surface area contributed by atoms with Gasteiger partial charge in [-0.05, 0) is 19.2 Å². The van der Waals surface area contributed by atoms with E-state index in [1.807, 2.05) is 30.1 Å². The first kappa shape index (κ1) is 6.55. The number of anilines is 2. The minimum Gasteiger partial charge on any atom is -0.393 e. The van der Waals surface area contributed by atoms with E-state index in [-0.39, 0.29) is 7.12 Å². The van der Waals surface area contributed by atoms with Crippen molar-refractivity contribution < 1.29 is 0 Å². The van der Waals surface area contributed by atoms with E-state index < -0.39 is 0 Å². The van der Waals surface area contributed by atoms with Crippen molar-refractivity contribution in [2.24, 2.45) is 5.64 Å². The molecule has 0 saturated carbocycles. The zero-order valence-corrected chi connectivity index (χ0v) is 6.41. The van der Waals surface area contributed by atoms with Gasteiger partial charge in [-0.3, -0.25) is 0 Å². The van der Waals surface area contributed by atoms with Gasteiger partial charge in [-0.2, -0.15) is 0 Å². The van der Waals surface area contributed by atoms with Crippen LogP contribution < -0.4 is 15.7 Å². The second-order valence-electron chi connectivity index (χ2n) is 2.72. The standard InChI is InChI=1S/C7H10BN3/c1-11-7-5-3-2-4-6(7)10-8(11)9/h2-5,10H,9H2,1H3. The Balaban J connectivity index is 2.47. The van der Waals surface area contributed by atoms with Gasteiger partial charge in [0.25, 0.3) is 0 Å². The van der Waals surface area contributed by atoms with Crippen LogP contribution in [0.1, 0.15) is 0 Å². The summed E-state index contributed by atoms with van der Waals surface area (Å²) < 4.78 is 0. The quantitative estimate of drug-likeness (QED) is 0.524. The van der Waals surface area contributed by atoms with Crippen molar-refractivity contribution in [2.75, 3.05) is 17.1 Å². The van der Waals surface area contributed by atoms with Gasteiger partial charge in [0.05, 0.1) is 0 Å². The predicted molar refractivity (Wildman–Crippen MR) is 48.4 cm³/mol. The van der Waals surface area contributed by atoms with E-state index >= 15 is 0 Å². The molecule has 56 valence electrons. The molecule has 0 radical (unpaired) electrons. The van der Waals surface area contributed by atoms with Gasteiger partial charge >= 0.3 is 7.12 Å². The van der Waals surface area contributed by atoms with Gasteiger partial charge in [-0.15, -0.1) is 0 Å². The van der Waals surface area contributed by atoms with Gasteiger partial charge in [-0.25, -0.2) is 0 Å². The number of nitrogens with two attached hydrogens (primary N) is 1. The number of rotatable bonds is 0. The number of nitrogens with zero attached hydrogens (tertiary/aromatic N) is 1.